The average Bonchev–Trinajstić information content (AvgIpc) is 3.15. The summed E-state index contributed by atoms with van der Waals surface area (Å²) in [6.07, 6.45) is -1.36. The normalized spacial score (nSPS) is 10.6. The summed E-state index contributed by atoms with van der Waals surface area (Å²) >= 11 is 1.34. The summed E-state index contributed by atoms with van der Waals surface area (Å²) in [5.74, 6) is -0.162. The number of thiazole rings is 1. The van der Waals surface area contributed by atoms with Crippen molar-refractivity contribution in [2.75, 3.05) is 17.3 Å². The minimum atomic E-state index is -1.36. The lowest BCUT2D eigenvalue weighted by Gasteiger charge is -2.15. The number of carbonyl (C=O) groups is 2. The van der Waals surface area contributed by atoms with E-state index < -0.39 is 6.09 Å². The topological polar surface area (TPSA) is 114 Å². The van der Waals surface area contributed by atoms with E-state index in [0.717, 1.165) is 4.90 Å². The molecule has 2 amide bonds. The van der Waals surface area contributed by atoms with Crippen LogP contribution in [0.25, 0.3) is 11.0 Å². The molecule has 0 aliphatic rings. The summed E-state index contributed by atoms with van der Waals surface area (Å²) in [5.41, 5.74) is 3.65. The highest BCUT2D eigenvalue weighted by Gasteiger charge is 2.11. The van der Waals surface area contributed by atoms with E-state index in [-0.39, 0.29) is 11.9 Å². The molecule has 0 aliphatic carbocycles. The fourth-order valence-electron chi connectivity index (χ4n) is 1.84. The number of aromatic amines is 1. The minimum Gasteiger partial charge on any atom is -0.530 e. The van der Waals surface area contributed by atoms with E-state index in [1.54, 1.807) is 29.1 Å². The number of carbonyl (C=O) groups excluding carboxylic acids is 2. The highest BCUT2D eigenvalue weighted by atomic mass is 32.1. The summed E-state index contributed by atoms with van der Waals surface area (Å²) in [7, 11) is 1.33. The van der Waals surface area contributed by atoms with Crippen LogP contribution in [-0.2, 0) is 0 Å². The second kappa shape index (κ2) is 5.45. The van der Waals surface area contributed by atoms with Gasteiger partial charge in [0.05, 0.1) is 16.5 Å². The zero-order valence-corrected chi connectivity index (χ0v) is 12.2. The second-order valence-corrected chi connectivity index (χ2v) is 5.16. The van der Waals surface area contributed by atoms with Crippen molar-refractivity contribution in [1.29, 1.82) is 0 Å². The van der Waals surface area contributed by atoms with Crippen LogP contribution in [0.4, 0.5) is 16.4 Å². The van der Waals surface area contributed by atoms with Crippen molar-refractivity contribution in [3.05, 3.63) is 34.8 Å². The van der Waals surface area contributed by atoms with Crippen LogP contribution in [0.3, 0.4) is 0 Å². The number of amides is 2. The minimum absolute atomic E-state index is 0.151. The Labute approximate surface area is 128 Å². The molecule has 0 atom stereocenters. The molecule has 2 N–H and O–H groups in total. The summed E-state index contributed by atoms with van der Waals surface area (Å²) in [4.78, 5) is 34.5. The number of carboxylic acid groups (broad SMARTS) is 1. The number of nitrogens with zero attached hydrogens (tertiary/aromatic N) is 3. The highest BCUT2D eigenvalue weighted by molar-refractivity contribution is 7.07. The SMILES string of the molecule is CN(C(=O)[O-])c1nc2ccc(NC(=O)c3cscn3)cc2[nH]1. The van der Waals surface area contributed by atoms with Crippen molar-refractivity contribution in [1.82, 2.24) is 15.0 Å². The Hall–Kier alpha value is -2.94. The Balaban J connectivity index is 1.86. The number of benzene rings is 1. The maximum absolute atomic E-state index is 11.9. The van der Waals surface area contributed by atoms with Gasteiger partial charge in [0.15, 0.2) is 0 Å². The number of nitrogens with one attached hydrogen (secondary N) is 2. The molecule has 0 spiro atoms. The van der Waals surface area contributed by atoms with Crippen molar-refractivity contribution >= 4 is 46.0 Å². The lowest BCUT2D eigenvalue weighted by Crippen LogP contribution is -2.38. The van der Waals surface area contributed by atoms with Crippen LogP contribution in [-0.4, -0.2) is 34.0 Å². The van der Waals surface area contributed by atoms with Gasteiger partial charge in [0, 0.05) is 18.1 Å². The third-order valence-electron chi connectivity index (χ3n) is 2.98. The summed E-state index contributed by atoms with van der Waals surface area (Å²) < 4.78 is 0. The fraction of sp³-hybridized carbons (Fsp3) is 0.0769. The quantitative estimate of drug-likeness (QED) is 0.749. The third-order valence-corrected chi connectivity index (χ3v) is 3.57. The van der Waals surface area contributed by atoms with Crippen LogP contribution in [0.1, 0.15) is 10.5 Å². The molecule has 0 aliphatic heterocycles. The van der Waals surface area contributed by atoms with Gasteiger partial charge in [-0.15, -0.1) is 11.3 Å². The van der Waals surface area contributed by atoms with E-state index in [0.29, 0.717) is 22.4 Å². The Morgan fingerprint density at radius 1 is 1.41 bits per heavy atom. The molecule has 0 unspecified atom stereocenters. The van der Waals surface area contributed by atoms with Gasteiger partial charge in [-0.1, -0.05) is 0 Å². The van der Waals surface area contributed by atoms with E-state index in [9.17, 15) is 14.7 Å². The Morgan fingerprint density at radius 2 is 2.23 bits per heavy atom. The zero-order chi connectivity index (χ0) is 15.7. The molecule has 3 rings (SSSR count). The molecule has 0 bridgehead atoms. The number of rotatable bonds is 3. The van der Waals surface area contributed by atoms with Crippen LogP contribution in [0, 0.1) is 0 Å². The molecule has 0 radical (unpaired) electrons. The van der Waals surface area contributed by atoms with Crippen molar-refractivity contribution in [3.63, 3.8) is 0 Å². The number of anilines is 2. The molecule has 1 aromatic carbocycles. The van der Waals surface area contributed by atoms with Crippen LogP contribution in [0.2, 0.25) is 0 Å². The molecule has 22 heavy (non-hydrogen) atoms. The van der Waals surface area contributed by atoms with E-state index in [4.69, 9.17) is 0 Å². The van der Waals surface area contributed by atoms with Crippen LogP contribution in [0.15, 0.2) is 29.1 Å². The fourth-order valence-corrected chi connectivity index (χ4v) is 2.37. The Kier molecular flexibility index (Phi) is 3.47. The van der Waals surface area contributed by atoms with Gasteiger partial charge < -0.3 is 25.1 Å². The van der Waals surface area contributed by atoms with E-state index in [1.165, 1.54) is 18.4 Å². The van der Waals surface area contributed by atoms with Crippen LogP contribution >= 0.6 is 11.3 Å². The number of hydrogen-bond acceptors (Lipinski definition) is 6. The van der Waals surface area contributed by atoms with Gasteiger partial charge in [0.25, 0.3) is 5.91 Å². The van der Waals surface area contributed by atoms with Gasteiger partial charge in [-0.2, -0.15) is 0 Å². The molecule has 112 valence electrons. The monoisotopic (exact) mass is 316 g/mol. The summed E-state index contributed by atoms with van der Waals surface area (Å²) in [6, 6.07) is 5.02. The first kappa shape index (κ1) is 14.0. The highest BCUT2D eigenvalue weighted by Crippen LogP contribution is 2.21. The lowest BCUT2D eigenvalue weighted by molar-refractivity contribution is -0.246. The molecule has 2 heterocycles. The molecular weight excluding hydrogens is 306 g/mol. The maximum Gasteiger partial charge on any atom is 0.275 e. The Bertz CT molecular complexity index is 843. The number of imidazole rings is 1. The number of aromatic nitrogens is 3. The molecular formula is C13H10N5O3S-. The smallest absolute Gasteiger partial charge is 0.275 e. The molecule has 3 aromatic rings. The van der Waals surface area contributed by atoms with Crippen LogP contribution < -0.4 is 15.3 Å². The van der Waals surface area contributed by atoms with Gasteiger partial charge in [0.1, 0.15) is 11.8 Å². The molecule has 0 fully saturated rings. The second-order valence-electron chi connectivity index (χ2n) is 4.45. The first-order valence-corrected chi connectivity index (χ1v) is 7.13. The van der Waals surface area contributed by atoms with Gasteiger partial charge >= 0.3 is 0 Å². The van der Waals surface area contributed by atoms with E-state index in [2.05, 4.69) is 20.3 Å². The summed E-state index contributed by atoms with van der Waals surface area (Å²) in [6.45, 7) is 0. The van der Waals surface area contributed by atoms with Crippen molar-refractivity contribution in [2.45, 2.75) is 0 Å². The lowest BCUT2D eigenvalue weighted by atomic mass is 10.2. The van der Waals surface area contributed by atoms with Gasteiger partial charge in [-0.25, -0.2) is 9.97 Å². The Morgan fingerprint density at radius 3 is 2.91 bits per heavy atom. The molecule has 2 aromatic heterocycles. The third kappa shape index (κ3) is 2.61. The number of fused-ring (bicyclic) bond motifs is 1. The predicted molar refractivity (Wildman–Crippen MR) is 80.0 cm³/mol. The van der Waals surface area contributed by atoms with E-state index >= 15 is 0 Å². The van der Waals surface area contributed by atoms with Gasteiger partial charge in [-0.3, -0.25) is 4.79 Å². The van der Waals surface area contributed by atoms with Gasteiger partial charge in [-0.05, 0) is 18.2 Å². The molecule has 8 nitrogen and oxygen atoms in total. The van der Waals surface area contributed by atoms with E-state index in [1.807, 2.05) is 0 Å². The van der Waals surface area contributed by atoms with Crippen LogP contribution in [0.5, 0.6) is 0 Å². The predicted octanol–water partition coefficient (Wildman–Crippen LogP) is 1.05. The number of hydrogen-bond donors (Lipinski definition) is 2. The van der Waals surface area contributed by atoms with Crippen molar-refractivity contribution < 1.29 is 14.7 Å². The van der Waals surface area contributed by atoms with Crippen molar-refractivity contribution in [2.24, 2.45) is 0 Å². The standard InChI is InChI=1S/C13H11N5O3S/c1-18(13(20)21)12-16-8-3-2-7(4-9(8)17-12)15-11(19)10-5-22-6-14-10/h2-6H,1H3,(H,15,19)(H,16,17)(H,20,21)/p-1. The van der Waals surface area contributed by atoms with Gasteiger partial charge in [0.2, 0.25) is 5.95 Å². The zero-order valence-electron chi connectivity index (χ0n) is 11.4. The largest absolute Gasteiger partial charge is 0.530 e. The average molecular weight is 316 g/mol. The molecule has 0 saturated carbocycles. The van der Waals surface area contributed by atoms with Crippen molar-refractivity contribution in [3.8, 4) is 0 Å². The first-order chi connectivity index (χ1) is 10.5. The molecule has 9 heteroatoms. The molecule has 0 saturated heterocycles. The number of H-pyrrole nitrogens is 1. The summed E-state index contributed by atoms with van der Waals surface area (Å²) in [5, 5.41) is 15.2. The maximum atomic E-state index is 11.9. The first-order valence-electron chi connectivity index (χ1n) is 6.18.